The lowest BCUT2D eigenvalue weighted by Gasteiger charge is -2.24. The summed E-state index contributed by atoms with van der Waals surface area (Å²) in [4.78, 5) is 18.8. The Kier molecular flexibility index (Phi) is 3.72. The molecular formula is C17H22N4O. The first-order valence-corrected chi connectivity index (χ1v) is 7.73. The highest BCUT2D eigenvalue weighted by Gasteiger charge is 2.31. The van der Waals surface area contributed by atoms with Crippen molar-refractivity contribution in [2.45, 2.75) is 45.2 Å². The fourth-order valence-electron chi connectivity index (χ4n) is 2.91. The van der Waals surface area contributed by atoms with Gasteiger partial charge in [-0.1, -0.05) is 0 Å². The van der Waals surface area contributed by atoms with Crippen molar-refractivity contribution in [3.05, 3.63) is 48.0 Å². The lowest BCUT2D eigenvalue weighted by Crippen LogP contribution is -2.30. The Hall–Kier alpha value is -2.17. The molecule has 1 fully saturated rings. The molecule has 3 heterocycles. The molecule has 5 heteroatoms. The summed E-state index contributed by atoms with van der Waals surface area (Å²) in [7, 11) is 0. The van der Waals surface area contributed by atoms with Crippen LogP contribution in [0.3, 0.4) is 0 Å². The van der Waals surface area contributed by atoms with Gasteiger partial charge in [0.2, 0.25) is 0 Å². The molecule has 0 aliphatic carbocycles. The smallest absolute Gasteiger partial charge is 0.257 e. The van der Waals surface area contributed by atoms with Crippen LogP contribution in [0.4, 0.5) is 0 Å². The van der Waals surface area contributed by atoms with Gasteiger partial charge in [-0.25, -0.2) is 0 Å². The second-order valence-electron chi connectivity index (χ2n) is 6.78. The van der Waals surface area contributed by atoms with Crippen molar-refractivity contribution in [1.29, 1.82) is 0 Å². The van der Waals surface area contributed by atoms with Gasteiger partial charge in [-0.2, -0.15) is 5.10 Å². The Morgan fingerprint density at radius 1 is 1.27 bits per heavy atom. The highest BCUT2D eigenvalue weighted by atomic mass is 16.2. The van der Waals surface area contributed by atoms with E-state index < -0.39 is 0 Å². The second-order valence-corrected chi connectivity index (χ2v) is 6.78. The molecule has 1 saturated heterocycles. The lowest BCUT2D eigenvalue weighted by molar-refractivity contribution is 0.0735. The summed E-state index contributed by atoms with van der Waals surface area (Å²) in [6.45, 7) is 7.02. The third kappa shape index (κ3) is 2.75. The summed E-state index contributed by atoms with van der Waals surface area (Å²) in [5.74, 6) is 0.0646. The van der Waals surface area contributed by atoms with Crippen LogP contribution in [0.15, 0.2) is 36.9 Å². The molecular weight excluding hydrogens is 276 g/mol. The molecule has 0 N–H and O–H groups in total. The van der Waals surface area contributed by atoms with Crippen LogP contribution >= 0.6 is 0 Å². The van der Waals surface area contributed by atoms with Crippen LogP contribution in [-0.4, -0.2) is 32.1 Å². The number of amides is 1. The van der Waals surface area contributed by atoms with Crippen molar-refractivity contribution in [1.82, 2.24) is 19.7 Å². The Bertz CT molecular complexity index is 657. The quantitative estimate of drug-likeness (QED) is 0.856. The van der Waals surface area contributed by atoms with E-state index >= 15 is 0 Å². The Balaban J connectivity index is 1.84. The van der Waals surface area contributed by atoms with Gasteiger partial charge in [-0.3, -0.25) is 14.5 Å². The molecule has 1 atom stereocenters. The van der Waals surface area contributed by atoms with Crippen LogP contribution in [0.1, 0.15) is 55.6 Å². The van der Waals surface area contributed by atoms with Crippen LogP contribution in [0.2, 0.25) is 0 Å². The van der Waals surface area contributed by atoms with Gasteiger partial charge in [0.1, 0.15) is 0 Å². The maximum absolute atomic E-state index is 12.8. The van der Waals surface area contributed by atoms with E-state index in [4.69, 9.17) is 0 Å². The van der Waals surface area contributed by atoms with Crippen LogP contribution in [0, 0.1) is 0 Å². The highest BCUT2D eigenvalue weighted by Crippen LogP contribution is 2.32. The number of likely N-dealkylation sites (tertiary alicyclic amines) is 1. The molecule has 0 aromatic carbocycles. The number of hydrogen-bond donors (Lipinski definition) is 0. The molecule has 1 amide bonds. The Morgan fingerprint density at radius 3 is 2.64 bits per heavy atom. The van der Waals surface area contributed by atoms with E-state index in [0.29, 0.717) is 5.56 Å². The standard InChI is InChI=1S/C17H22N4O/c1-17(2,3)21-12-14(11-19-21)16(22)20-10-4-5-15(20)13-6-8-18-9-7-13/h6-9,11-12,15H,4-5,10H2,1-3H3. The van der Waals surface area contributed by atoms with Gasteiger partial charge in [0, 0.05) is 25.1 Å². The van der Waals surface area contributed by atoms with Crippen LogP contribution in [-0.2, 0) is 5.54 Å². The first-order chi connectivity index (χ1) is 10.5. The molecule has 22 heavy (non-hydrogen) atoms. The number of hydrogen-bond acceptors (Lipinski definition) is 3. The predicted molar refractivity (Wildman–Crippen MR) is 84.5 cm³/mol. The molecule has 1 aliphatic rings. The molecule has 116 valence electrons. The van der Waals surface area contributed by atoms with Gasteiger partial charge in [-0.05, 0) is 51.3 Å². The average Bonchev–Trinajstić information content (AvgIpc) is 3.16. The largest absolute Gasteiger partial charge is 0.332 e. The van der Waals surface area contributed by atoms with E-state index in [0.717, 1.165) is 24.9 Å². The monoisotopic (exact) mass is 298 g/mol. The van der Waals surface area contributed by atoms with E-state index in [1.165, 1.54) is 0 Å². The van der Waals surface area contributed by atoms with Gasteiger partial charge in [0.25, 0.3) is 5.91 Å². The van der Waals surface area contributed by atoms with Crippen molar-refractivity contribution < 1.29 is 4.79 Å². The van der Waals surface area contributed by atoms with Gasteiger partial charge in [0.15, 0.2) is 0 Å². The minimum atomic E-state index is -0.117. The summed E-state index contributed by atoms with van der Waals surface area (Å²) in [6.07, 6.45) is 9.14. The first kappa shape index (κ1) is 14.8. The first-order valence-electron chi connectivity index (χ1n) is 7.73. The van der Waals surface area contributed by atoms with Crippen molar-refractivity contribution >= 4 is 5.91 Å². The number of rotatable bonds is 2. The van der Waals surface area contributed by atoms with Crippen LogP contribution in [0.25, 0.3) is 0 Å². The van der Waals surface area contributed by atoms with Crippen molar-refractivity contribution in [2.24, 2.45) is 0 Å². The third-order valence-corrected chi connectivity index (χ3v) is 4.12. The molecule has 0 bridgehead atoms. The van der Waals surface area contributed by atoms with E-state index in [1.54, 1.807) is 18.6 Å². The number of nitrogens with zero attached hydrogens (tertiary/aromatic N) is 4. The zero-order valence-corrected chi connectivity index (χ0v) is 13.4. The molecule has 1 aliphatic heterocycles. The topological polar surface area (TPSA) is 51.0 Å². The molecule has 0 saturated carbocycles. The predicted octanol–water partition coefficient (Wildman–Crippen LogP) is 3.01. The SMILES string of the molecule is CC(C)(C)n1cc(C(=O)N2CCCC2c2ccncc2)cn1. The summed E-state index contributed by atoms with van der Waals surface area (Å²) < 4.78 is 1.84. The summed E-state index contributed by atoms with van der Waals surface area (Å²) >= 11 is 0. The van der Waals surface area contributed by atoms with Crippen LogP contribution in [0.5, 0.6) is 0 Å². The maximum Gasteiger partial charge on any atom is 0.257 e. The number of pyridine rings is 1. The van der Waals surface area contributed by atoms with Gasteiger partial charge in [-0.15, -0.1) is 0 Å². The van der Waals surface area contributed by atoms with Crippen molar-refractivity contribution in [3.63, 3.8) is 0 Å². The molecule has 2 aromatic heterocycles. The Labute approximate surface area is 131 Å². The molecule has 2 aromatic rings. The Morgan fingerprint density at radius 2 is 2.00 bits per heavy atom. The summed E-state index contributed by atoms with van der Waals surface area (Å²) in [6, 6.07) is 4.14. The maximum atomic E-state index is 12.8. The second kappa shape index (κ2) is 5.55. The minimum Gasteiger partial charge on any atom is -0.332 e. The zero-order valence-electron chi connectivity index (χ0n) is 13.4. The summed E-state index contributed by atoms with van der Waals surface area (Å²) in [5, 5.41) is 4.34. The summed E-state index contributed by atoms with van der Waals surface area (Å²) in [5.41, 5.74) is 1.70. The molecule has 0 radical (unpaired) electrons. The number of carbonyl (C=O) groups excluding carboxylic acids is 1. The van der Waals surface area contributed by atoms with E-state index in [2.05, 4.69) is 30.9 Å². The van der Waals surface area contributed by atoms with Gasteiger partial charge in [0.05, 0.1) is 23.3 Å². The normalized spacial score (nSPS) is 18.7. The van der Waals surface area contributed by atoms with E-state index in [-0.39, 0.29) is 17.5 Å². The number of aromatic nitrogens is 3. The molecule has 5 nitrogen and oxygen atoms in total. The average molecular weight is 298 g/mol. The van der Waals surface area contributed by atoms with Gasteiger partial charge < -0.3 is 4.90 Å². The van der Waals surface area contributed by atoms with Crippen molar-refractivity contribution in [2.75, 3.05) is 6.54 Å². The lowest BCUT2D eigenvalue weighted by atomic mass is 10.1. The zero-order chi connectivity index (χ0) is 15.7. The molecule has 0 spiro atoms. The number of carbonyl (C=O) groups is 1. The fraction of sp³-hybridized carbons (Fsp3) is 0.471. The minimum absolute atomic E-state index is 0.0646. The molecule has 3 rings (SSSR count). The highest BCUT2D eigenvalue weighted by molar-refractivity contribution is 5.94. The van der Waals surface area contributed by atoms with Gasteiger partial charge >= 0.3 is 0 Å². The van der Waals surface area contributed by atoms with E-state index in [1.807, 2.05) is 27.9 Å². The van der Waals surface area contributed by atoms with Crippen molar-refractivity contribution in [3.8, 4) is 0 Å². The third-order valence-electron chi connectivity index (χ3n) is 4.12. The fourth-order valence-corrected chi connectivity index (χ4v) is 2.91. The van der Waals surface area contributed by atoms with Crippen LogP contribution < -0.4 is 0 Å². The molecule has 1 unspecified atom stereocenters. The van der Waals surface area contributed by atoms with E-state index in [9.17, 15) is 4.79 Å².